The maximum Gasteiger partial charge on any atom is 0.253 e. The predicted octanol–water partition coefficient (Wildman–Crippen LogP) is 3.92. The van der Waals surface area contributed by atoms with Crippen molar-refractivity contribution in [2.24, 2.45) is 4.99 Å². The van der Waals surface area contributed by atoms with E-state index in [0.717, 1.165) is 42.3 Å². The summed E-state index contributed by atoms with van der Waals surface area (Å²) < 4.78 is 15.1. The van der Waals surface area contributed by atoms with E-state index >= 15 is 4.39 Å². The minimum Gasteiger partial charge on any atom is -0.356 e. The molecule has 1 aromatic heterocycles. The highest BCUT2D eigenvalue weighted by molar-refractivity contribution is 6.03. The molecule has 2 aliphatic heterocycles. The number of nitrogens with zero attached hydrogens (tertiary/aromatic N) is 2. The normalized spacial score (nSPS) is 25.5. The number of rotatable bonds is 3. The Morgan fingerprint density at radius 1 is 1.28 bits per heavy atom. The van der Waals surface area contributed by atoms with E-state index in [0.29, 0.717) is 22.9 Å². The maximum absolute atomic E-state index is 15.1. The Labute approximate surface area is 168 Å². The number of aliphatic imine (C=N–C) groups is 1. The molecule has 2 aromatic rings. The van der Waals surface area contributed by atoms with E-state index in [4.69, 9.17) is 4.99 Å². The molecule has 2 aliphatic carbocycles. The molecule has 3 heterocycles. The number of aromatic nitrogens is 1. The summed E-state index contributed by atoms with van der Waals surface area (Å²) in [5.41, 5.74) is 4.35. The van der Waals surface area contributed by atoms with Gasteiger partial charge in [-0.05, 0) is 57.2 Å². The molecule has 1 atom stereocenters. The summed E-state index contributed by atoms with van der Waals surface area (Å²) in [4.78, 5) is 22.8. The Hall–Kier alpha value is -2.83. The number of carbonyl (C=O) groups excluding carboxylic acids is 1. The van der Waals surface area contributed by atoms with Gasteiger partial charge in [0, 0.05) is 12.6 Å². The minimum absolute atomic E-state index is 0.00158. The summed E-state index contributed by atoms with van der Waals surface area (Å²) in [7, 11) is 0. The zero-order chi connectivity index (χ0) is 19.9. The van der Waals surface area contributed by atoms with E-state index in [9.17, 15) is 4.79 Å². The van der Waals surface area contributed by atoms with Crippen LogP contribution in [0.15, 0.2) is 23.2 Å². The van der Waals surface area contributed by atoms with Crippen molar-refractivity contribution >= 4 is 17.6 Å². The quantitative estimate of drug-likeness (QED) is 0.740. The lowest BCUT2D eigenvalue weighted by molar-refractivity contribution is 0.0958. The first kappa shape index (κ1) is 17.1. The first-order valence-electron chi connectivity index (χ1n) is 10.4. The van der Waals surface area contributed by atoms with E-state index < -0.39 is 0 Å². The zero-order valence-electron chi connectivity index (χ0n) is 16.6. The van der Waals surface area contributed by atoms with Crippen molar-refractivity contribution in [3.05, 3.63) is 40.8 Å². The van der Waals surface area contributed by atoms with Gasteiger partial charge in [-0.3, -0.25) is 4.79 Å². The monoisotopic (exact) mass is 393 g/mol. The molecule has 29 heavy (non-hydrogen) atoms. The van der Waals surface area contributed by atoms with Crippen molar-refractivity contribution in [3.8, 4) is 11.3 Å². The number of hydrogen-bond acceptors (Lipinski definition) is 2. The molecule has 7 heteroatoms. The molecule has 3 N–H and O–H groups in total. The standard InChI is InChI=1S/C22H24FN5O/c1-11-18-14(20(29)24-11)9-16(25-18)17-15(23)6-3-12-10-28(13-4-5-13)21(26-19(12)17)27-22(2)7-8-22/h3,6,9,11,13,25H,4-5,7-8,10H2,1-2H3,(H,24,29)(H,26,27)/t11-/m1/s1. The molecule has 4 aliphatic rings. The topological polar surface area (TPSA) is 72.5 Å². The number of halogens is 1. The summed E-state index contributed by atoms with van der Waals surface area (Å²) in [5, 5.41) is 6.35. The fourth-order valence-corrected chi connectivity index (χ4v) is 4.41. The van der Waals surface area contributed by atoms with Crippen molar-refractivity contribution in [1.29, 1.82) is 0 Å². The number of guanidine groups is 1. The second-order valence-electron chi connectivity index (χ2n) is 9.08. The number of fused-ring (bicyclic) bond motifs is 2. The van der Waals surface area contributed by atoms with Crippen LogP contribution in [0.5, 0.6) is 0 Å². The van der Waals surface area contributed by atoms with Gasteiger partial charge in [0.2, 0.25) is 0 Å². The lowest BCUT2D eigenvalue weighted by atomic mass is 10.0. The molecule has 6 rings (SSSR count). The van der Waals surface area contributed by atoms with Gasteiger partial charge < -0.3 is 20.5 Å². The lowest BCUT2D eigenvalue weighted by Crippen LogP contribution is -2.42. The molecule has 0 radical (unpaired) electrons. The van der Waals surface area contributed by atoms with Crippen LogP contribution in [0.3, 0.4) is 0 Å². The Bertz CT molecular complexity index is 1080. The van der Waals surface area contributed by atoms with Gasteiger partial charge in [-0.25, -0.2) is 9.38 Å². The SMILES string of the molecule is C[C@H]1NC(=O)c2cc(-c3c(F)ccc4c3NC(=NC3(C)CC3)N(C3CC3)C4)[nH]c21. The fourth-order valence-electron chi connectivity index (χ4n) is 4.41. The van der Waals surface area contributed by atoms with Gasteiger partial charge in [0.05, 0.1) is 39.8 Å². The number of hydrogen-bond donors (Lipinski definition) is 3. The van der Waals surface area contributed by atoms with Crippen molar-refractivity contribution in [2.75, 3.05) is 5.32 Å². The number of aromatic amines is 1. The molecule has 150 valence electrons. The lowest BCUT2D eigenvalue weighted by Gasteiger charge is -2.34. The first-order chi connectivity index (χ1) is 13.9. The van der Waals surface area contributed by atoms with Gasteiger partial charge in [0.25, 0.3) is 5.91 Å². The molecule has 2 saturated carbocycles. The van der Waals surface area contributed by atoms with Crippen molar-refractivity contribution in [2.45, 2.75) is 63.7 Å². The van der Waals surface area contributed by atoms with Gasteiger partial charge in [-0.15, -0.1) is 0 Å². The molecular formula is C22H24FN5O. The average molecular weight is 393 g/mol. The van der Waals surface area contributed by atoms with Crippen LogP contribution in [0.4, 0.5) is 10.1 Å². The Morgan fingerprint density at radius 3 is 2.76 bits per heavy atom. The van der Waals surface area contributed by atoms with Gasteiger partial charge in [0.15, 0.2) is 5.96 Å². The number of benzene rings is 1. The summed E-state index contributed by atoms with van der Waals surface area (Å²) in [6.07, 6.45) is 4.54. The molecule has 0 spiro atoms. The number of amides is 1. The number of H-pyrrole nitrogens is 1. The Balaban J connectivity index is 1.47. The van der Waals surface area contributed by atoms with Gasteiger partial charge in [-0.2, -0.15) is 0 Å². The third kappa shape index (κ3) is 2.67. The van der Waals surface area contributed by atoms with Crippen LogP contribution in [0.2, 0.25) is 0 Å². The van der Waals surface area contributed by atoms with E-state index in [2.05, 4.69) is 27.4 Å². The summed E-state index contributed by atoms with van der Waals surface area (Å²) in [6, 6.07) is 5.57. The number of carbonyl (C=O) groups is 1. The maximum atomic E-state index is 15.1. The van der Waals surface area contributed by atoms with Gasteiger partial charge in [-0.1, -0.05) is 6.07 Å². The van der Waals surface area contributed by atoms with Crippen molar-refractivity contribution < 1.29 is 9.18 Å². The molecule has 0 bridgehead atoms. The average Bonchev–Trinajstić information content (AvgIpc) is 3.58. The summed E-state index contributed by atoms with van der Waals surface area (Å²) in [5.74, 6) is 0.440. The summed E-state index contributed by atoms with van der Waals surface area (Å²) in [6.45, 7) is 4.82. The van der Waals surface area contributed by atoms with E-state index in [-0.39, 0.29) is 23.3 Å². The van der Waals surface area contributed by atoms with E-state index in [1.807, 2.05) is 13.0 Å². The molecule has 0 saturated heterocycles. The summed E-state index contributed by atoms with van der Waals surface area (Å²) >= 11 is 0. The third-order valence-corrected chi connectivity index (χ3v) is 6.57. The predicted molar refractivity (Wildman–Crippen MR) is 109 cm³/mol. The second kappa shape index (κ2) is 5.62. The Morgan fingerprint density at radius 2 is 2.07 bits per heavy atom. The highest BCUT2D eigenvalue weighted by Gasteiger charge is 2.42. The highest BCUT2D eigenvalue weighted by atomic mass is 19.1. The van der Waals surface area contributed by atoms with Crippen LogP contribution in [-0.4, -0.2) is 33.3 Å². The molecule has 1 aromatic carbocycles. The second-order valence-corrected chi connectivity index (χ2v) is 9.08. The minimum atomic E-state index is -0.305. The van der Waals surface area contributed by atoms with Gasteiger partial charge >= 0.3 is 0 Å². The highest BCUT2D eigenvalue weighted by Crippen LogP contribution is 2.44. The Kier molecular flexibility index (Phi) is 3.30. The zero-order valence-corrected chi connectivity index (χ0v) is 16.6. The van der Waals surface area contributed by atoms with E-state index in [1.165, 1.54) is 18.9 Å². The molecule has 1 amide bonds. The molecular weight excluding hydrogens is 369 g/mol. The molecule has 2 fully saturated rings. The van der Waals surface area contributed by atoms with Crippen LogP contribution in [0.1, 0.15) is 67.2 Å². The van der Waals surface area contributed by atoms with E-state index in [1.54, 1.807) is 6.07 Å². The van der Waals surface area contributed by atoms with Crippen LogP contribution < -0.4 is 10.6 Å². The largest absolute Gasteiger partial charge is 0.356 e. The van der Waals surface area contributed by atoms with Crippen molar-refractivity contribution in [3.63, 3.8) is 0 Å². The van der Waals surface area contributed by atoms with Crippen LogP contribution in [-0.2, 0) is 6.54 Å². The van der Waals surface area contributed by atoms with Gasteiger partial charge in [0.1, 0.15) is 5.82 Å². The van der Waals surface area contributed by atoms with Crippen LogP contribution >= 0.6 is 0 Å². The first-order valence-corrected chi connectivity index (χ1v) is 10.4. The molecule has 6 nitrogen and oxygen atoms in total. The number of nitrogens with one attached hydrogen (secondary N) is 3. The van der Waals surface area contributed by atoms with Crippen molar-refractivity contribution in [1.82, 2.24) is 15.2 Å². The molecule has 0 unspecified atom stereocenters. The number of anilines is 1. The smallest absolute Gasteiger partial charge is 0.253 e. The fraction of sp³-hybridized carbons (Fsp3) is 0.455. The van der Waals surface area contributed by atoms with Crippen LogP contribution in [0, 0.1) is 5.82 Å². The van der Waals surface area contributed by atoms with Crippen LogP contribution in [0.25, 0.3) is 11.3 Å². The third-order valence-electron chi connectivity index (χ3n) is 6.57.